The number of carbonyl (C=O) groups is 1. The van der Waals surface area contributed by atoms with Gasteiger partial charge in [0.15, 0.2) is 0 Å². The molecule has 6 nitrogen and oxygen atoms in total. The molecule has 0 radical (unpaired) electrons. The second-order valence-electron chi connectivity index (χ2n) is 9.39. The Bertz CT molecular complexity index is 1370. The van der Waals surface area contributed by atoms with Gasteiger partial charge in [0.1, 0.15) is 9.77 Å². The van der Waals surface area contributed by atoms with E-state index in [1.165, 1.54) is 24.9 Å². The largest absolute Gasteiger partial charge is 0.465 e. The first-order valence-electron chi connectivity index (χ1n) is 12.1. The molecule has 0 amide bonds. The molecule has 0 spiro atoms. The minimum atomic E-state index is -3.81. The molecule has 0 saturated heterocycles. The lowest BCUT2D eigenvalue weighted by Crippen LogP contribution is -2.46. The van der Waals surface area contributed by atoms with Crippen LogP contribution in [0.2, 0.25) is 5.02 Å². The maximum atomic E-state index is 14.1. The average molecular weight is 545 g/mol. The average Bonchev–Trinajstić information content (AvgIpc) is 3.36. The van der Waals surface area contributed by atoms with Crippen LogP contribution in [0.4, 0.5) is 11.4 Å². The van der Waals surface area contributed by atoms with E-state index in [-0.39, 0.29) is 10.9 Å². The van der Waals surface area contributed by atoms with Gasteiger partial charge in [-0.05, 0) is 55.2 Å². The molecule has 1 fully saturated rings. The molecule has 190 valence electrons. The Morgan fingerprint density at radius 3 is 2.47 bits per heavy atom. The van der Waals surface area contributed by atoms with Crippen LogP contribution in [0, 0.1) is 5.92 Å². The number of esters is 1. The second kappa shape index (κ2) is 10.2. The third-order valence-corrected chi connectivity index (χ3v) is 10.7. The van der Waals surface area contributed by atoms with Gasteiger partial charge in [0.2, 0.25) is 10.0 Å². The Morgan fingerprint density at radius 2 is 1.78 bits per heavy atom. The molecule has 3 aromatic rings. The number of carbonyl (C=O) groups excluding carboxylic acids is 1. The van der Waals surface area contributed by atoms with Crippen molar-refractivity contribution in [3.8, 4) is 10.4 Å². The van der Waals surface area contributed by atoms with Crippen molar-refractivity contribution in [3.63, 3.8) is 0 Å². The molecule has 36 heavy (non-hydrogen) atoms. The second-order valence-corrected chi connectivity index (χ2v) is 12.8. The van der Waals surface area contributed by atoms with E-state index in [0.29, 0.717) is 38.5 Å². The number of fused-ring (bicyclic) bond motifs is 1. The summed E-state index contributed by atoms with van der Waals surface area (Å²) >= 11 is 8.02. The van der Waals surface area contributed by atoms with Crippen molar-refractivity contribution in [2.75, 3.05) is 25.6 Å². The highest BCUT2D eigenvalue weighted by molar-refractivity contribution is 7.89. The van der Waals surface area contributed by atoms with Gasteiger partial charge in [0.05, 0.1) is 17.8 Å². The Balaban J connectivity index is 1.67. The van der Waals surface area contributed by atoms with Gasteiger partial charge in [-0.3, -0.25) is 0 Å². The number of nitrogens with zero attached hydrogens (tertiary/aromatic N) is 2. The van der Waals surface area contributed by atoms with Gasteiger partial charge in [-0.25, -0.2) is 13.2 Å². The fraction of sp³-hybridized carbons (Fsp3) is 0.370. The summed E-state index contributed by atoms with van der Waals surface area (Å²) in [5.74, 6) is -0.135. The number of anilines is 2. The van der Waals surface area contributed by atoms with Gasteiger partial charge in [-0.15, -0.1) is 11.3 Å². The molecule has 0 N–H and O–H groups in total. The first kappa shape index (κ1) is 25.3. The van der Waals surface area contributed by atoms with Gasteiger partial charge >= 0.3 is 5.97 Å². The molecule has 1 atom stereocenters. The van der Waals surface area contributed by atoms with Crippen LogP contribution in [0.3, 0.4) is 0 Å². The van der Waals surface area contributed by atoms with Gasteiger partial charge in [0.25, 0.3) is 0 Å². The standard InChI is InChI=1S/C27H29ClN2O4S2/c1-29-23(18-9-5-3-6-10-18)17-30(19-11-7-4-8-12-19)22-16-21(28)20(15-26(22)36(29,32)33)24-13-14-25(35-24)27(31)34-2/h4,7-8,11-16,18,23H,3,5-6,9-10,17H2,1-2H3/t23-/m0/s1. The van der Waals surface area contributed by atoms with Gasteiger partial charge in [-0.2, -0.15) is 4.31 Å². The fourth-order valence-electron chi connectivity index (χ4n) is 5.39. The monoisotopic (exact) mass is 544 g/mol. The van der Waals surface area contributed by atoms with E-state index in [0.717, 1.165) is 31.4 Å². The lowest BCUT2D eigenvalue weighted by molar-refractivity contribution is 0.0606. The number of likely N-dealkylation sites (N-methyl/N-ethyl adjacent to an activating group) is 1. The Morgan fingerprint density at radius 1 is 1.06 bits per heavy atom. The molecular weight excluding hydrogens is 516 g/mol. The van der Waals surface area contributed by atoms with Crippen molar-refractivity contribution in [3.05, 3.63) is 64.5 Å². The predicted molar refractivity (Wildman–Crippen MR) is 145 cm³/mol. The topological polar surface area (TPSA) is 66.9 Å². The molecular formula is C27H29ClN2O4S2. The maximum Gasteiger partial charge on any atom is 0.348 e. The van der Waals surface area contributed by atoms with E-state index in [1.807, 2.05) is 30.3 Å². The number of ether oxygens (including phenoxy) is 1. The van der Waals surface area contributed by atoms with Gasteiger partial charge in [0, 0.05) is 35.8 Å². The zero-order valence-corrected chi connectivity index (χ0v) is 22.7. The first-order valence-corrected chi connectivity index (χ1v) is 14.8. The Labute approximate surface area is 221 Å². The highest BCUT2D eigenvalue weighted by Crippen LogP contribution is 2.45. The molecule has 2 aromatic carbocycles. The summed E-state index contributed by atoms with van der Waals surface area (Å²) in [5.41, 5.74) is 2.08. The number of thiophene rings is 1. The summed E-state index contributed by atoms with van der Waals surface area (Å²) in [6.07, 6.45) is 5.52. The van der Waals surface area contributed by atoms with Crippen LogP contribution >= 0.6 is 22.9 Å². The summed E-state index contributed by atoms with van der Waals surface area (Å²) in [6.45, 7) is 0.554. The van der Waals surface area contributed by atoms with E-state index in [2.05, 4.69) is 4.90 Å². The zero-order valence-electron chi connectivity index (χ0n) is 20.3. The van der Waals surface area contributed by atoms with E-state index in [4.69, 9.17) is 16.3 Å². The van der Waals surface area contributed by atoms with E-state index in [9.17, 15) is 13.2 Å². The van der Waals surface area contributed by atoms with Crippen molar-refractivity contribution in [1.29, 1.82) is 0 Å². The van der Waals surface area contributed by atoms with Crippen molar-refractivity contribution >= 4 is 50.3 Å². The zero-order chi connectivity index (χ0) is 25.4. The first-order chi connectivity index (χ1) is 17.3. The molecule has 0 bridgehead atoms. The highest BCUT2D eigenvalue weighted by Gasteiger charge is 2.41. The molecule has 1 saturated carbocycles. The third kappa shape index (κ3) is 4.56. The summed E-state index contributed by atoms with van der Waals surface area (Å²) in [4.78, 5) is 15.5. The Hall–Kier alpha value is -2.39. The molecule has 1 aromatic heterocycles. The minimum Gasteiger partial charge on any atom is -0.465 e. The van der Waals surface area contributed by atoms with Gasteiger partial charge in [-0.1, -0.05) is 49.1 Å². The maximum absolute atomic E-state index is 14.1. The number of hydrogen-bond donors (Lipinski definition) is 0. The quantitative estimate of drug-likeness (QED) is 0.347. The van der Waals surface area contributed by atoms with E-state index < -0.39 is 16.0 Å². The van der Waals surface area contributed by atoms with Gasteiger partial charge < -0.3 is 9.64 Å². The molecule has 5 rings (SSSR count). The number of methoxy groups -OCH3 is 1. The van der Waals surface area contributed by atoms with Crippen LogP contribution in [0.25, 0.3) is 10.4 Å². The summed E-state index contributed by atoms with van der Waals surface area (Å²) in [6, 6.07) is 16.6. The number of benzene rings is 2. The summed E-state index contributed by atoms with van der Waals surface area (Å²) < 4.78 is 34.6. The molecule has 0 unspecified atom stereocenters. The lowest BCUT2D eigenvalue weighted by atomic mass is 9.83. The number of sulfonamides is 1. The number of hydrogen-bond acceptors (Lipinski definition) is 6. The van der Waals surface area contributed by atoms with Crippen LogP contribution in [-0.2, 0) is 14.8 Å². The van der Waals surface area contributed by atoms with Crippen molar-refractivity contribution in [2.45, 2.75) is 43.0 Å². The number of halogens is 1. The predicted octanol–water partition coefficient (Wildman–Crippen LogP) is 6.58. The smallest absolute Gasteiger partial charge is 0.348 e. The SMILES string of the molecule is COC(=O)c1ccc(-c2cc3c(cc2Cl)N(c2ccccc2)C[C@@H](C2CCCCC2)N(C)S3(=O)=O)s1. The molecule has 1 aliphatic heterocycles. The Kier molecular flexibility index (Phi) is 7.14. The van der Waals surface area contributed by atoms with Crippen molar-refractivity contribution in [1.82, 2.24) is 4.31 Å². The number of para-hydroxylation sites is 1. The van der Waals surface area contributed by atoms with E-state index in [1.54, 1.807) is 35.6 Å². The van der Waals surface area contributed by atoms with Crippen LogP contribution in [0.5, 0.6) is 0 Å². The lowest BCUT2D eigenvalue weighted by Gasteiger charge is -2.36. The van der Waals surface area contributed by atoms with Crippen LogP contribution < -0.4 is 4.90 Å². The normalized spacial score (nSPS) is 20.5. The van der Waals surface area contributed by atoms with Crippen molar-refractivity contribution in [2.24, 2.45) is 5.92 Å². The fourth-order valence-corrected chi connectivity index (χ4v) is 8.27. The third-order valence-electron chi connectivity index (χ3n) is 7.35. The van der Waals surface area contributed by atoms with Crippen LogP contribution in [0.15, 0.2) is 59.5 Å². The summed E-state index contributed by atoms with van der Waals surface area (Å²) in [7, 11) is -0.768. The molecule has 2 aliphatic rings. The highest BCUT2D eigenvalue weighted by atomic mass is 35.5. The van der Waals surface area contributed by atoms with Crippen LogP contribution in [0.1, 0.15) is 41.8 Å². The number of rotatable bonds is 4. The van der Waals surface area contributed by atoms with Crippen LogP contribution in [-0.4, -0.2) is 45.4 Å². The molecule has 2 heterocycles. The molecule has 1 aliphatic carbocycles. The minimum absolute atomic E-state index is 0.155. The van der Waals surface area contributed by atoms with Crippen molar-refractivity contribution < 1.29 is 17.9 Å². The van der Waals surface area contributed by atoms with E-state index >= 15 is 0 Å². The summed E-state index contributed by atoms with van der Waals surface area (Å²) in [5, 5.41) is 0.432. The molecule has 9 heteroatoms.